The van der Waals surface area contributed by atoms with Crippen molar-refractivity contribution in [1.82, 2.24) is 4.98 Å². The number of fused-ring (bicyclic) bond motifs is 1. The van der Waals surface area contributed by atoms with Crippen LogP contribution in [0.5, 0.6) is 0 Å². The summed E-state index contributed by atoms with van der Waals surface area (Å²) in [5.74, 6) is -1.01. The third-order valence-electron chi connectivity index (χ3n) is 4.28. The Balaban J connectivity index is 1.62. The van der Waals surface area contributed by atoms with E-state index in [-0.39, 0.29) is 5.56 Å². The summed E-state index contributed by atoms with van der Waals surface area (Å²) in [6.07, 6.45) is 3.38. The van der Waals surface area contributed by atoms with Gasteiger partial charge in [0, 0.05) is 17.3 Å². The molecule has 0 atom stereocenters. The Labute approximate surface area is 163 Å². The molecule has 0 unspecified atom stereocenters. The molecule has 2 aromatic heterocycles. The van der Waals surface area contributed by atoms with Crippen LogP contribution in [0.4, 0.5) is 15.8 Å². The highest BCUT2D eigenvalue weighted by molar-refractivity contribution is 7.20. The van der Waals surface area contributed by atoms with Crippen molar-refractivity contribution in [3.05, 3.63) is 77.2 Å². The third kappa shape index (κ3) is 3.29. The van der Waals surface area contributed by atoms with E-state index in [0.29, 0.717) is 10.4 Å². The van der Waals surface area contributed by atoms with Crippen LogP contribution in [-0.4, -0.2) is 10.9 Å². The Morgan fingerprint density at radius 1 is 1.11 bits per heavy atom. The monoisotopic (exact) mass is 388 g/mol. The van der Waals surface area contributed by atoms with Gasteiger partial charge in [0.1, 0.15) is 11.9 Å². The van der Waals surface area contributed by atoms with Gasteiger partial charge in [0.25, 0.3) is 5.91 Å². The summed E-state index contributed by atoms with van der Waals surface area (Å²) >= 11 is 1.30. The quantitative estimate of drug-likeness (QED) is 0.524. The normalized spacial score (nSPS) is 10.6. The minimum Gasteiger partial charge on any atom is -0.365 e. The smallest absolute Gasteiger partial charge is 0.258 e. The minimum atomic E-state index is -0.539. The van der Waals surface area contributed by atoms with Crippen LogP contribution in [-0.2, 0) is 0 Å². The van der Waals surface area contributed by atoms with Crippen LogP contribution in [0.15, 0.2) is 60.9 Å². The highest BCUT2D eigenvalue weighted by Gasteiger charge is 2.11. The molecule has 0 spiro atoms. The van der Waals surface area contributed by atoms with E-state index < -0.39 is 11.7 Å². The molecule has 3 N–H and O–H groups in total. The number of thiophene rings is 1. The Morgan fingerprint density at radius 2 is 1.86 bits per heavy atom. The Bertz CT molecular complexity index is 1240. The second kappa shape index (κ2) is 7.10. The highest BCUT2D eigenvalue weighted by Crippen LogP contribution is 2.32. The van der Waals surface area contributed by atoms with Crippen molar-refractivity contribution in [3.8, 4) is 17.2 Å². The van der Waals surface area contributed by atoms with Crippen molar-refractivity contribution in [2.24, 2.45) is 5.73 Å². The molecule has 28 heavy (non-hydrogen) atoms. The first-order valence-electron chi connectivity index (χ1n) is 8.29. The number of halogens is 1. The van der Waals surface area contributed by atoms with Gasteiger partial charge in [-0.2, -0.15) is 5.26 Å². The van der Waals surface area contributed by atoms with Gasteiger partial charge < -0.3 is 11.1 Å². The summed E-state index contributed by atoms with van der Waals surface area (Å²) in [6, 6.07) is 15.6. The molecular weight excluding hydrogens is 375 g/mol. The lowest BCUT2D eigenvalue weighted by atomic mass is 10.0. The maximum Gasteiger partial charge on any atom is 0.258 e. The topological polar surface area (TPSA) is 91.8 Å². The zero-order chi connectivity index (χ0) is 19.7. The summed E-state index contributed by atoms with van der Waals surface area (Å²) in [6.45, 7) is 0. The van der Waals surface area contributed by atoms with Crippen LogP contribution in [0.2, 0.25) is 0 Å². The third-order valence-corrected chi connectivity index (χ3v) is 5.36. The van der Waals surface area contributed by atoms with E-state index >= 15 is 0 Å². The van der Waals surface area contributed by atoms with Crippen LogP contribution in [0.25, 0.3) is 21.2 Å². The van der Waals surface area contributed by atoms with Gasteiger partial charge in [-0.3, -0.25) is 9.78 Å². The largest absolute Gasteiger partial charge is 0.365 e. The molecule has 0 fully saturated rings. The Morgan fingerprint density at radius 3 is 2.54 bits per heavy atom. The SMILES string of the molecule is N#Cc1ccc(-c2ccc(Nc3cncc4sc(C(N)=O)cc34)cc2)cc1F. The number of hydrogen-bond acceptors (Lipinski definition) is 5. The fraction of sp³-hybridized carbons (Fsp3) is 0. The summed E-state index contributed by atoms with van der Waals surface area (Å²) < 4.78 is 14.7. The van der Waals surface area contributed by atoms with E-state index in [4.69, 9.17) is 11.0 Å². The number of rotatable bonds is 4. The Hall–Kier alpha value is -3.76. The molecule has 2 heterocycles. The zero-order valence-corrected chi connectivity index (χ0v) is 15.3. The van der Waals surface area contributed by atoms with E-state index in [1.54, 1.807) is 24.5 Å². The summed E-state index contributed by atoms with van der Waals surface area (Å²) in [4.78, 5) is 16.1. The second-order valence-electron chi connectivity index (χ2n) is 6.08. The first-order valence-corrected chi connectivity index (χ1v) is 9.11. The van der Waals surface area contributed by atoms with Gasteiger partial charge in [-0.25, -0.2) is 4.39 Å². The predicted octanol–water partition coefficient (Wildman–Crippen LogP) is 4.82. The molecule has 5 nitrogen and oxygen atoms in total. The van der Waals surface area contributed by atoms with Crippen LogP contribution in [0.3, 0.4) is 0 Å². The van der Waals surface area contributed by atoms with E-state index in [1.165, 1.54) is 23.5 Å². The van der Waals surface area contributed by atoms with E-state index in [1.807, 2.05) is 30.3 Å². The lowest BCUT2D eigenvalue weighted by Gasteiger charge is -2.09. The second-order valence-corrected chi connectivity index (χ2v) is 7.17. The molecule has 4 aromatic rings. The molecular formula is C21H13FN4OS. The summed E-state index contributed by atoms with van der Waals surface area (Å²) in [7, 11) is 0. The molecule has 4 rings (SSSR count). The lowest BCUT2D eigenvalue weighted by Crippen LogP contribution is -2.08. The average Bonchev–Trinajstić information content (AvgIpc) is 3.14. The number of carbonyl (C=O) groups is 1. The number of anilines is 2. The van der Waals surface area contributed by atoms with Gasteiger partial charge in [0.2, 0.25) is 0 Å². The van der Waals surface area contributed by atoms with E-state index in [9.17, 15) is 9.18 Å². The lowest BCUT2D eigenvalue weighted by molar-refractivity contribution is 0.100. The minimum absolute atomic E-state index is 0.0220. The van der Waals surface area contributed by atoms with Gasteiger partial charge >= 0.3 is 0 Å². The number of nitrogens with two attached hydrogens (primary N) is 1. The molecule has 2 aromatic carbocycles. The first-order chi connectivity index (χ1) is 13.5. The highest BCUT2D eigenvalue weighted by atomic mass is 32.1. The van der Waals surface area contributed by atoms with Gasteiger partial charge in [-0.05, 0) is 41.5 Å². The van der Waals surface area contributed by atoms with Crippen molar-refractivity contribution in [2.45, 2.75) is 0 Å². The first kappa shape index (κ1) is 17.6. The number of benzene rings is 2. The fourth-order valence-corrected chi connectivity index (χ4v) is 3.78. The van der Waals surface area contributed by atoms with Crippen LogP contribution >= 0.6 is 11.3 Å². The molecule has 0 bridgehead atoms. The number of nitrogens with one attached hydrogen (secondary N) is 1. The number of primary amides is 1. The van der Waals surface area contributed by atoms with Crippen molar-refractivity contribution >= 4 is 38.7 Å². The van der Waals surface area contributed by atoms with Crippen LogP contribution in [0, 0.1) is 17.1 Å². The molecule has 1 amide bonds. The molecule has 0 aliphatic heterocycles. The summed E-state index contributed by atoms with van der Waals surface area (Å²) in [5, 5.41) is 13.0. The van der Waals surface area contributed by atoms with Gasteiger partial charge in [-0.15, -0.1) is 11.3 Å². The van der Waals surface area contributed by atoms with Gasteiger partial charge in [0.05, 0.1) is 27.0 Å². The molecule has 0 radical (unpaired) electrons. The average molecular weight is 388 g/mol. The van der Waals surface area contributed by atoms with E-state index in [2.05, 4.69) is 10.3 Å². The van der Waals surface area contributed by atoms with Crippen molar-refractivity contribution in [2.75, 3.05) is 5.32 Å². The van der Waals surface area contributed by atoms with Gasteiger partial charge in [0.15, 0.2) is 0 Å². The number of aromatic nitrogens is 1. The van der Waals surface area contributed by atoms with Crippen LogP contribution in [0.1, 0.15) is 15.2 Å². The van der Waals surface area contributed by atoms with Gasteiger partial charge in [-0.1, -0.05) is 18.2 Å². The van der Waals surface area contributed by atoms with Crippen LogP contribution < -0.4 is 11.1 Å². The fourth-order valence-electron chi connectivity index (χ4n) is 2.87. The molecule has 0 saturated heterocycles. The predicted molar refractivity (Wildman–Crippen MR) is 108 cm³/mol. The number of hydrogen-bond donors (Lipinski definition) is 2. The van der Waals surface area contributed by atoms with Crippen molar-refractivity contribution in [1.29, 1.82) is 5.26 Å². The van der Waals surface area contributed by atoms with Crippen molar-refractivity contribution in [3.63, 3.8) is 0 Å². The Kier molecular flexibility index (Phi) is 4.47. The van der Waals surface area contributed by atoms with Crippen molar-refractivity contribution < 1.29 is 9.18 Å². The molecule has 0 aliphatic carbocycles. The number of pyridine rings is 1. The zero-order valence-electron chi connectivity index (χ0n) is 14.4. The molecule has 136 valence electrons. The van der Waals surface area contributed by atoms with E-state index in [0.717, 1.165) is 27.0 Å². The number of nitriles is 1. The standard InChI is InChI=1S/C21H13FN4OS/c22-17-7-13(1-2-14(17)9-23)12-3-5-15(6-4-12)26-18-10-25-11-20-16(18)8-19(28-20)21(24)27/h1-8,10-11,26H,(H2,24,27). The molecule has 0 saturated carbocycles. The molecule has 0 aliphatic rings. The number of nitrogens with zero attached hydrogens (tertiary/aromatic N) is 2. The molecule has 7 heteroatoms. The summed E-state index contributed by atoms with van der Waals surface area (Å²) in [5.41, 5.74) is 8.49. The number of carbonyl (C=O) groups excluding carboxylic acids is 1. The maximum atomic E-state index is 13.8. The maximum absolute atomic E-state index is 13.8. The number of amides is 1.